The quantitative estimate of drug-likeness (QED) is 0.124. The van der Waals surface area contributed by atoms with Crippen molar-refractivity contribution in [1.29, 1.82) is 0 Å². The van der Waals surface area contributed by atoms with Gasteiger partial charge in [-0.1, -0.05) is 153 Å². The van der Waals surface area contributed by atoms with Gasteiger partial charge in [-0.2, -0.15) is 12.1 Å². The number of aryl methyl sites for hydroxylation is 2. The van der Waals surface area contributed by atoms with Gasteiger partial charge in [0.25, 0.3) is 0 Å². The molecule has 0 bridgehead atoms. The fourth-order valence-electron chi connectivity index (χ4n) is 5.70. The van der Waals surface area contributed by atoms with E-state index in [4.69, 9.17) is 17.0 Å². The Balaban J connectivity index is 0.000000184. The molecule has 7 rings (SSSR count). The fourth-order valence-corrected chi connectivity index (χ4v) is 5.70. The number of fused-ring (bicyclic) bond motifs is 2. The molecule has 0 fully saturated rings. The van der Waals surface area contributed by atoms with E-state index in [0.29, 0.717) is 5.92 Å². The van der Waals surface area contributed by atoms with Crippen LogP contribution in [0.3, 0.4) is 0 Å². The molecular weight excluding hydrogens is 707 g/mol. The zero-order valence-electron chi connectivity index (χ0n) is 28.1. The Bertz CT molecular complexity index is 1950. The van der Waals surface area contributed by atoms with Gasteiger partial charge in [-0.3, -0.25) is 0 Å². The number of halogens is 2. The third-order valence-electron chi connectivity index (χ3n) is 7.96. The third kappa shape index (κ3) is 10.0. The van der Waals surface area contributed by atoms with Crippen molar-refractivity contribution in [3.8, 4) is 33.4 Å². The molecule has 0 heterocycles. The first-order valence-corrected chi connectivity index (χ1v) is 24.3. The van der Waals surface area contributed by atoms with E-state index in [1.807, 2.05) is 0 Å². The molecule has 0 aliphatic rings. The first-order chi connectivity index (χ1) is 22.8. The molecule has 0 saturated heterocycles. The molecule has 7 aromatic rings. The van der Waals surface area contributed by atoms with Gasteiger partial charge in [0, 0.05) is 9.52 Å². The minimum absolute atomic E-state index is 0.582. The van der Waals surface area contributed by atoms with Crippen LogP contribution >= 0.6 is 17.0 Å². The predicted octanol–water partition coefficient (Wildman–Crippen LogP) is 14.0. The minimum atomic E-state index is -0.826. The molecule has 0 atom stereocenters. The van der Waals surface area contributed by atoms with Crippen molar-refractivity contribution in [3.63, 3.8) is 0 Å². The molecule has 0 aromatic heterocycles. The molecule has 0 amide bonds. The molecule has 2 radical (unpaired) electrons. The van der Waals surface area contributed by atoms with E-state index < -0.39 is 20.8 Å². The van der Waals surface area contributed by atoms with E-state index in [-0.39, 0.29) is 0 Å². The van der Waals surface area contributed by atoms with E-state index >= 15 is 0 Å². The predicted molar refractivity (Wildman–Crippen MR) is 208 cm³/mol. The second-order valence-corrected chi connectivity index (χ2v) is 16.7. The van der Waals surface area contributed by atoms with Gasteiger partial charge in [0.2, 0.25) is 0 Å². The van der Waals surface area contributed by atoms with Crippen molar-refractivity contribution in [1.82, 2.24) is 0 Å². The van der Waals surface area contributed by atoms with Gasteiger partial charge in [0.05, 0.1) is 0 Å². The summed E-state index contributed by atoms with van der Waals surface area (Å²) in [6, 6.07) is 50.4. The van der Waals surface area contributed by atoms with Crippen molar-refractivity contribution in [2.24, 2.45) is 0 Å². The second kappa shape index (κ2) is 18.5. The summed E-state index contributed by atoms with van der Waals surface area (Å²) >= 11 is -0.826. The van der Waals surface area contributed by atoms with E-state index in [0.717, 1.165) is 9.52 Å². The summed E-state index contributed by atoms with van der Waals surface area (Å²) in [6.07, 6.45) is 0. The summed E-state index contributed by atoms with van der Waals surface area (Å²) in [5.41, 5.74) is 11.8. The Morgan fingerprint density at radius 3 is 1.70 bits per heavy atom. The Kier molecular flexibility index (Phi) is 14.5. The van der Waals surface area contributed by atoms with Crippen LogP contribution in [0.5, 0.6) is 0 Å². The van der Waals surface area contributed by atoms with Gasteiger partial charge >= 0.3 is 37.9 Å². The number of rotatable bonds is 4. The van der Waals surface area contributed by atoms with Gasteiger partial charge in [-0.25, -0.2) is 0 Å². The van der Waals surface area contributed by atoms with Crippen molar-refractivity contribution < 1.29 is 20.8 Å². The maximum absolute atomic E-state index is 4.93. The average molecular weight is 749 g/mol. The van der Waals surface area contributed by atoms with Crippen LogP contribution in [0, 0.1) is 13.8 Å². The van der Waals surface area contributed by atoms with Gasteiger partial charge in [0.1, 0.15) is 0 Å². The molecule has 0 spiro atoms. The zero-order valence-corrected chi connectivity index (χ0v) is 33.1. The van der Waals surface area contributed by atoms with Crippen molar-refractivity contribution in [2.75, 3.05) is 0 Å². The zero-order chi connectivity index (χ0) is 33.8. The molecule has 0 nitrogen and oxygen atoms in total. The van der Waals surface area contributed by atoms with E-state index in [2.05, 4.69) is 180 Å². The Hall–Kier alpha value is -3.00. The molecule has 47 heavy (non-hydrogen) atoms. The van der Waals surface area contributed by atoms with Crippen molar-refractivity contribution in [2.45, 2.75) is 46.7 Å². The average Bonchev–Trinajstić information content (AvgIpc) is 3.70. The summed E-state index contributed by atoms with van der Waals surface area (Å²) in [5.74, 6) is 0.582. The van der Waals surface area contributed by atoms with Crippen LogP contribution in [0.15, 0.2) is 140 Å². The fraction of sp³-hybridized carbons (Fsp3) is 0.163. The van der Waals surface area contributed by atoms with Crippen molar-refractivity contribution in [3.05, 3.63) is 156 Å². The molecule has 0 unspecified atom stereocenters. The standard InChI is InChI=1S/C22H17.C19H19.C2H6Si.2ClH.Zr/c1-16-12-20-14-19(17-8-4-2-5-9-17)15-22(21(20)13-16)18-10-6-3-7-11-18;1-13(2)17-11-16-5-4-6-18(19(16)12-17)15-9-7-14(3)8-10-15;1-3-2;;;/h2-15H,1H3;4-13H,1-3H3;1-2H3;2*1H;/q2*-1;;;;+4/p-2. The van der Waals surface area contributed by atoms with Gasteiger partial charge < -0.3 is 0 Å². The van der Waals surface area contributed by atoms with Crippen LogP contribution in [0.1, 0.15) is 36.5 Å². The Labute approximate surface area is 303 Å². The van der Waals surface area contributed by atoms with Gasteiger partial charge in [-0.05, 0) is 29.5 Å². The molecule has 0 aliphatic heterocycles. The van der Waals surface area contributed by atoms with Crippen LogP contribution in [0.4, 0.5) is 0 Å². The molecule has 4 heteroatoms. The molecular formula is C43H42Cl2SiZr. The van der Waals surface area contributed by atoms with Crippen LogP contribution in [0.25, 0.3) is 54.9 Å². The second-order valence-electron chi connectivity index (χ2n) is 12.0. The monoisotopic (exact) mass is 746 g/mol. The van der Waals surface area contributed by atoms with Crippen LogP contribution < -0.4 is 0 Å². The normalized spacial score (nSPS) is 10.3. The molecule has 236 valence electrons. The Morgan fingerprint density at radius 1 is 0.553 bits per heavy atom. The van der Waals surface area contributed by atoms with Crippen molar-refractivity contribution >= 4 is 48.1 Å². The maximum atomic E-state index is 4.93. The third-order valence-corrected chi connectivity index (χ3v) is 7.96. The number of benzene rings is 5. The Morgan fingerprint density at radius 2 is 1.11 bits per heavy atom. The van der Waals surface area contributed by atoms with Gasteiger partial charge in [-0.15, -0.1) is 63.0 Å². The van der Waals surface area contributed by atoms with E-state index in [9.17, 15) is 0 Å². The summed E-state index contributed by atoms with van der Waals surface area (Å²) in [7, 11) is 11.0. The number of hydrogen-bond donors (Lipinski definition) is 0. The summed E-state index contributed by atoms with van der Waals surface area (Å²) < 4.78 is 0. The molecule has 0 saturated carbocycles. The van der Waals surface area contributed by atoms with Gasteiger partial charge in [0.15, 0.2) is 0 Å². The van der Waals surface area contributed by atoms with Crippen LogP contribution in [-0.4, -0.2) is 9.52 Å². The van der Waals surface area contributed by atoms with E-state index in [1.165, 1.54) is 71.6 Å². The molecule has 0 N–H and O–H groups in total. The van der Waals surface area contributed by atoms with E-state index in [1.54, 1.807) is 0 Å². The summed E-state index contributed by atoms with van der Waals surface area (Å²) in [5, 5.41) is 5.37. The molecule has 7 aromatic carbocycles. The summed E-state index contributed by atoms with van der Waals surface area (Å²) in [6.45, 7) is 13.1. The summed E-state index contributed by atoms with van der Waals surface area (Å²) in [4.78, 5) is 0. The first kappa shape index (κ1) is 36.8. The molecule has 0 aliphatic carbocycles. The topological polar surface area (TPSA) is 0 Å². The first-order valence-electron chi connectivity index (χ1n) is 15.9. The van der Waals surface area contributed by atoms with Crippen LogP contribution in [-0.2, 0) is 20.8 Å². The van der Waals surface area contributed by atoms with Crippen LogP contribution in [0.2, 0.25) is 13.1 Å². The SMILES string of the molecule is C[Si]C.Cc1cc2c(-c3ccccc3)cc(-c3ccccc3)cc2[cH-]1.Cc1ccc(-c2cccc3[cH-]c(C(C)C)cc23)cc1.[Cl][Zr+2][Cl]. The number of hydrogen-bond acceptors (Lipinski definition) is 0.